The molecule has 4 nitrogen and oxygen atoms in total. The second kappa shape index (κ2) is 4.93. The molecule has 2 heterocycles. The number of ether oxygens (including phenoxy) is 1. The summed E-state index contributed by atoms with van der Waals surface area (Å²) in [6.45, 7) is 7.56. The van der Waals surface area contributed by atoms with Gasteiger partial charge in [0, 0.05) is 30.7 Å². The van der Waals surface area contributed by atoms with E-state index in [0.717, 1.165) is 41.2 Å². The molecule has 3 aliphatic rings. The third-order valence-electron chi connectivity index (χ3n) is 5.55. The van der Waals surface area contributed by atoms with Gasteiger partial charge in [0.2, 0.25) is 0 Å². The van der Waals surface area contributed by atoms with Crippen LogP contribution in [0.3, 0.4) is 0 Å². The molecule has 0 bridgehead atoms. The van der Waals surface area contributed by atoms with Gasteiger partial charge in [-0.1, -0.05) is 0 Å². The largest absolute Gasteiger partial charge is 0.372 e. The van der Waals surface area contributed by atoms with Gasteiger partial charge in [-0.2, -0.15) is 5.10 Å². The summed E-state index contributed by atoms with van der Waals surface area (Å²) in [5.41, 5.74) is 1.62. The predicted molar refractivity (Wildman–Crippen MR) is 90.5 cm³/mol. The molecule has 5 heteroatoms. The Morgan fingerprint density at radius 1 is 1.38 bits per heavy atom. The maximum Gasteiger partial charge on any atom is 0.123 e. The van der Waals surface area contributed by atoms with Crippen LogP contribution in [0, 0.1) is 15.5 Å². The summed E-state index contributed by atoms with van der Waals surface area (Å²) < 4.78 is 9.57. The van der Waals surface area contributed by atoms with Crippen molar-refractivity contribution in [2.75, 3.05) is 26.7 Å². The van der Waals surface area contributed by atoms with Crippen LogP contribution in [-0.4, -0.2) is 47.0 Å². The zero-order chi connectivity index (χ0) is 14.8. The molecule has 1 spiro atoms. The predicted octanol–water partition coefficient (Wildman–Crippen LogP) is 2.89. The number of hydrogen-bond donors (Lipinski definition) is 0. The molecule has 0 radical (unpaired) electrons. The molecule has 21 heavy (non-hydrogen) atoms. The average Bonchev–Trinajstić information content (AvgIpc) is 2.77. The van der Waals surface area contributed by atoms with Crippen LogP contribution < -0.4 is 0 Å². The molecule has 2 saturated carbocycles. The molecule has 0 amide bonds. The lowest BCUT2D eigenvalue weighted by Gasteiger charge is -2.40. The van der Waals surface area contributed by atoms with Gasteiger partial charge in [-0.05, 0) is 74.2 Å². The molecular formula is C16H24IN3O. The Hall–Kier alpha value is -0.140. The van der Waals surface area contributed by atoms with Gasteiger partial charge in [0.25, 0.3) is 0 Å². The molecule has 1 unspecified atom stereocenters. The van der Waals surface area contributed by atoms with Gasteiger partial charge in [0.05, 0.1) is 12.2 Å². The summed E-state index contributed by atoms with van der Waals surface area (Å²) in [5, 5.41) is 4.68. The summed E-state index contributed by atoms with van der Waals surface area (Å²) in [6.07, 6.45) is 2.49. The van der Waals surface area contributed by atoms with Crippen molar-refractivity contribution in [3.63, 3.8) is 0 Å². The second-order valence-electron chi connectivity index (χ2n) is 7.46. The minimum atomic E-state index is 0.161. The zero-order valence-electron chi connectivity index (χ0n) is 13.1. The van der Waals surface area contributed by atoms with Crippen LogP contribution in [0.4, 0.5) is 0 Å². The zero-order valence-corrected chi connectivity index (χ0v) is 15.2. The third-order valence-corrected chi connectivity index (χ3v) is 6.08. The van der Waals surface area contributed by atoms with E-state index in [1.54, 1.807) is 0 Å². The summed E-state index contributed by atoms with van der Waals surface area (Å²) in [7, 11) is 2.22. The van der Waals surface area contributed by atoms with E-state index in [9.17, 15) is 0 Å². The van der Waals surface area contributed by atoms with Crippen molar-refractivity contribution in [1.29, 1.82) is 0 Å². The van der Waals surface area contributed by atoms with Crippen LogP contribution in [0.1, 0.15) is 44.3 Å². The van der Waals surface area contributed by atoms with Crippen molar-refractivity contribution >= 4 is 22.6 Å². The number of likely N-dealkylation sites (N-methyl/N-ethyl adjacent to an activating group) is 1. The van der Waals surface area contributed by atoms with E-state index in [2.05, 4.69) is 64.2 Å². The van der Waals surface area contributed by atoms with E-state index >= 15 is 0 Å². The average molecular weight is 401 g/mol. The normalized spacial score (nSPS) is 39.2. The van der Waals surface area contributed by atoms with Crippen molar-refractivity contribution in [1.82, 2.24) is 14.7 Å². The molecule has 1 aromatic rings. The maximum atomic E-state index is 6.20. The molecule has 1 aromatic heterocycles. The fraction of sp³-hybridized carbons (Fsp3) is 0.812. The highest BCUT2D eigenvalue weighted by Crippen LogP contribution is 2.67. The van der Waals surface area contributed by atoms with Gasteiger partial charge in [-0.15, -0.1) is 0 Å². The highest BCUT2D eigenvalue weighted by Gasteiger charge is 2.63. The Morgan fingerprint density at radius 3 is 2.71 bits per heavy atom. The Morgan fingerprint density at radius 2 is 2.10 bits per heavy atom. The standard InChI is InChI=1S/C16H24IN3O/c1-10(2)20-13(6-14(17)18-20)15-11-7-16(8-12(11)15)9-19(3)4-5-21-16/h6,10-12,15H,4-5,7-9H2,1-3H3/t11-,12+,15+,16?. The number of rotatable bonds is 2. The van der Waals surface area contributed by atoms with E-state index in [1.807, 2.05) is 0 Å². The van der Waals surface area contributed by atoms with Gasteiger partial charge < -0.3 is 9.64 Å². The Kier molecular flexibility index (Phi) is 3.39. The van der Waals surface area contributed by atoms with Crippen molar-refractivity contribution in [2.45, 2.75) is 44.2 Å². The third kappa shape index (κ3) is 2.36. The van der Waals surface area contributed by atoms with E-state index in [0.29, 0.717) is 6.04 Å². The molecule has 1 aliphatic heterocycles. The highest BCUT2D eigenvalue weighted by molar-refractivity contribution is 14.1. The second-order valence-corrected chi connectivity index (χ2v) is 8.57. The van der Waals surface area contributed by atoms with Gasteiger partial charge >= 0.3 is 0 Å². The van der Waals surface area contributed by atoms with Crippen LogP contribution in [-0.2, 0) is 4.74 Å². The van der Waals surface area contributed by atoms with Crippen LogP contribution in [0.2, 0.25) is 0 Å². The van der Waals surface area contributed by atoms with Crippen LogP contribution in [0.5, 0.6) is 0 Å². The monoisotopic (exact) mass is 401 g/mol. The molecule has 4 atom stereocenters. The van der Waals surface area contributed by atoms with E-state index in [1.165, 1.54) is 18.5 Å². The van der Waals surface area contributed by atoms with Crippen LogP contribution >= 0.6 is 22.6 Å². The van der Waals surface area contributed by atoms with Crippen molar-refractivity contribution in [3.8, 4) is 0 Å². The molecule has 2 aliphatic carbocycles. The molecule has 0 N–H and O–H groups in total. The topological polar surface area (TPSA) is 30.3 Å². The van der Waals surface area contributed by atoms with E-state index < -0.39 is 0 Å². The first kappa shape index (κ1) is 14.5. The van der Waals surface area contributed by atoms with Gasteiger partial charge in [0.1, 0.15) is 3.70 Å². The number of morpholine rings is 1. The minimum absolute atomic E-state index is 0.161. The first-order valence-electron chi connectivity index (χ1n) is 8.06. The van der Waals surface area contributed by atoms with Crippen molar-refractivity contribution in [3.05, 3.63) is 15.5 Å². The summed E-state index contributed by atoms with van der Waals surface area (Å²) >= 11 is 2.34. The van der Waals surface area contributed by atoms with Crippen LogP contribution in [0.15, 0.2) is 6.07 Å². The fourth-order valence-electron chi connectivity index (χ4n) is 4.70. The first-order chi connectivity index (χ1) is 9.99. The Bertz CT molecular complexity index is 544. The molecule has 4 rings (SSSR count). The molecule has 1 saturated heterocycles. The lowest BCUT2D eigenvalue weighted by molar-refractivity contribution is -0.106. The minimum Gasteiger partial charge on any atom is -0.372 e. The van der Waals surface area contributed by atoms with Crippen LogP contribution in [0.25, 0.3) is 0 Å². The van der Waals surface area contributed by atoms with Crippen molar-refractivity contribution < 1.29 is 4.74 Å². The summed E-state index contributed by atoms with van der Waals surface area (Å²) in [4.78, 5) is 2.44. The van der Waals surface area contributed by atoms with Gasteiger partial charge in [-0.3, -0.25) is 4.68 Å². The fourth-order valence-corrected chi connectivity index (χ4v) is 5.26. The van der Waals surface area contributed by atoms with Gasteiger partial charge in [0.15, 0.2) is 0 Å². The molecule has 116 valence electrons. The smallest absolute Gasteiger partial charge is 0.123 e. The summed E-state index contributed by atoms with van der Waals surface area (Å²) in [6, 6.07) is 2.75. The van der Waals surface area contributed by atoms with Crippen molar-refractivity contribution in [2.24, 2.45) is 11.8 Å². The van der Waals surface area contributed by atoms with E-state index in [4.69, 9.17) is 4.74 Å². The number of hydrogen-bond acceptors (Lipinski definition) is 3. The number of fused-ring (bicyclic) bond motifs is 1. The SMILES string of the molecule is CC(C)n1nc(I)cc1[C@H]1[C@@H]2CC3(C[C@@H]21)CN(C)CCO3. The number of halogens is 1. The quantitative estimate of drug-likeness (QED) is 0.715. The lowest BCUT2D eigenvalue weighted by Crippen LogP contribution is -2.49. The molecule has 3 fully saturated rings. The highest BCUT2D eigenvalue weighted by atomic mass is 127. The molecule has 0 aromatic carbocycles. The number of aromatic nitrogens is 2. The number of nitrogens with zero attached hydrogens (tertiary/aromatic N) is 3. The first-order valence-corrected chi connectivity index (χ1v) is 9.14. The maximum absolute atomic E-state index is 6.20. The Labute approximate surface area is 140 Å². The summed E-state index contributed by atoms with van der Waals surface area (Å²) in [5.74, 6) is 2.37. The van der Waals surface area contributed by atoms with E-state index in [-0.39, 0.29) is 5.60 Å². The van der Waals surface area contributed by atoms with Gasteiger partial charge in [-0.25, -0.2) is 0 Å². The Balaban J connectivity index is 1.51. The lowest BCUT2D eigenvalue weighted by atomic mass is 9.92. The molecular weight excluding hydrogens is 377 g/mol.